The molecule has 1 atom stereocenters. The minimum Gasteiger partial charge on any atom is -0.389 e. The fourth-order valence-electron chi connectivity index (χ4n) is 2.91. The van der Waals surface area contributed by atoms with Crippen LogP contribution in [0.1, 0.15) is 51.2 Å². The van der Waals surface area contributed by atoms with Crippen molar-refractivity contribution in [1.29, 1.82) is 0 Å². The molecule has 0 radical (unpaired) electrons. The molecule has 3 heteroatoms. The first-order valence-corrected chi connectivity index (χ1v) is 7.34. The Hall–Kier alpha value is -1.09. The van der Waals surface area contributed by atoms with Gasteiger partial charge in [0.25, 0.3) is 0 Å². The van der Waals surface area contributed by atoms with Crippen LogP contribution in [-0.4, -0.2) is 18.2 Å². The van der Waals surface area contributed by atoms with E-state index in [9.17, 15) is 9.50 Å². The largest absolute Gasteiger partial charge is 0.389 e. The summed E-state index contributed by atoms with van der Waals surface area (Å²) in [5, 5.41) is 9.46. The van der Waals surface area contributed by atoms with Gasteiger partial charge in [-0.05, 0) is 43.4 Å². The second kappa shape index (κ2) is 6.38. The van der Waals surface area contributed by atoms with Gasteiger partial charge in [-0.15, -0.1) is 0 Å². The maximum atomic E-state index is 14.1. The molecule has 0 spiro atoms. The lowest BCUT2D eigenvalue weighted by Crippen LogP contribution is -2.34. The number of rotatable bonds is 4. The van der Waals surface area contributed by atoms with Crippen molar-refractivity contribution in [3.8, 4) is 0 Å². The van der Waals surface area contributed by atoms with Gasteiger partial charge in [-0.25, -0.2) is 4.39 Å². The Morgan fingerprint density at radius 1 is 1.37 bits per heavy atom. The van der Waals surface area contributed by atoms with Crippen LogP contribution in [0.5, 0.6) is 0 Å². The molecule has 0 bridgehead atoms. The standard InChI is InChI=1S/C16H24FNO/c1-3-4-13-7-9-18(10-8-13)16-6-5-14(12(2)19)11-15(16)17/h5-6,11-13,19H,3-4,7-10H2,1-2H3/t12-/m0/s1. The number of hydrogen-bond donors (Lipinski definition) is 1. The van der Waals surface area contributed by atoms with Gasteiger partial charge in [-0.3, -0.25) is 0 Å². The van der Waals surface area contributed by atoms with Gasteiger partial charge < -0.3 is 10.0 Å². The molecule has 2 rings (SSSR count). The molecule has 1 aromatic rings. The number of nitrogens with zero attached hydrogens (tertiary/aromatic N) is 1. The van der Waals surface area contributed by atoms with Gasteiger partial charge in [0, 0.05) is 13.1 Å². The molecule has 1 N–H and O–H groups in total. The Balaban J connectivity index is 2.03. The molecule has 1 aromatic carbocycles. The first-order chi connectivity index (χ1) is 9.11. The van der Waals surface area contributed by atoms with Crippen LogP contribution < -0.4 is 4.90 Å². The highest BCUT2D eigenvalue weighted by atomic mass is 19.1. The van der Waals surface area contributed by atoms with E-state index in [1.807, 2.05) is 6.07 Å². The SMILES string of the molecule is CCCC1CCN(c2ccc([C@H](C)O)cc2F)CC1. The summed E-state index contributed by atoms with van der Waals surface area (Å²) in [6.45, 7) is 5.76. The average Bonchev–Trinajstić information content (AvgIpc) is 2.40. The van der Waals surface area contributed by atoms with Crippen LogP contribution in [0.4, 0.5) is 10.1 Å². The van der Waals surface area contributed by atoms with E-state index >= 15 is 0 Å². The lowest BCUT2D eigenvalue weighted by molar-refractivity contribution is 0.199. The monoisotopic (exact) mass is 265 g/mol. The van der Waals surface area contributed by atoms with Gasteiger partial charge in [0.05, 0.1) is 11.8 Å². The minimum absolute atomic E-state index is 0.215. The third kappa shape index (κ3) is 3.47. The molecule has 1 aliphatic rings. The summed E-state index contributed by atoms with van der Waals surface area (Å²) >= 11 is 0. The molecule has 0 unspecified atom stereocenters. The second-order valence-corrected chi connectivity index (χ2v) is 5.61. The van der Waals surface area contributed by atoms with Gasteiger partial charge in [0.1, 0.15) is 5.82 Å². The van der Waals surface area contributed by atoms with Crippen molar-refractivity contribution < 1.29 is 9.50 Å². The lowest BCUT2D eigenvalue weighted by atomic mass is 9.92. The molecule has 2 nitrogen and oxygen atoms in total. The molecule has 0 amide bonds. The average molecular weight is 265 g/mol. The van der Waals surface area contributed by atoms with Crippen molar-refractivity contribution in [2.75, 3.05) is 18.0 Å². The number of piperidine rings is 1. The summed E-state index contributed by atoms with van der Waals surface area (Å²) in [4.78, 5) is 2.13. The number of aliphatic hydroxyl groups is 1. The number of hydrogen-bond acceptors (Lipinski definition) is 2. The van der Waals surface area contributed by atoms with Crippen molar-refractivity contribution in [1.82, 2.24) is 0 Å². The molecular weight excluding hydrogens is 241 g/mol. The molecular formula is C16H24FNO. The molecule has 1 fully saturated rings. The van der Waals surface area contributed by atoms with E-state index in [0.717, 1.165) is 31.8 Å². The Labute approximate surface area is 115 Å². The van der Waals surface area contributed by atoms with E-state index < -0.39 is 6.10 Å². The van der Waals surface area contributed by atoms with E-state index in [0.29, 0.717) is 11.3 Å². The molecule has 1 aliphatic heterocycles. The summed E-state index contributed by atoms with van der Waals surface area (Å²) in [6, 6.07) is 5.08. The zero-order valence-corrected chi connectivity index (χ0v) is 11.9. The topological polar surface area (TPSA) is 23.5 Å². The molecule has 0 saturated carbocycles. The molecule has 1 heterocycles. The first kappa shape index (κ1) is 14.3. The smallest absolute Gasteiger partial charge is 0.146 e. The van der Waals surface area contributed by atoms with Crippen molar-refractivity contribution in [2.45, 2.75) is 45.6 Å². The molecule has 1 saturated heterocycles. The van der Waals surface area contributed by atoms with Crippen molar-refractivity contribution in [3.63, 3.8) is 0 Å². The zero-order valence-electron chi connectivity index (χ0n) is 11.9. The maximum absolute atomic E-state index is 14.1. The third-order valence-electron chi connectivity index (χ3n) is 4.11. The highest BCUT2D eigenvalue weighted by Gasteiger charge is 2.21. The highest BCUT2D eigenvalue weighted by Crippen LogP contribution is 2.29. The van der Waals surface area contributed by atoms with E-state index in [2.05, 4.69) is 11.8 Å². The van der Waals surface area contributed by atoms with Gasteiger partial charge in [-0.1, -0.05) is 25.8 Å². The number of aliphatic hydroxyl groups excluding tert-OH is 1. The summed E-state index contributed by atoms with van der Waals surface area (Å²) in [6.07, 6.45) is 4.23. The Morgan fingerprint density at radius 3 is 2.58 bits per heavy atom. The predicted molar refractivity (Wildman–Crippen MR) is 76.9 cm³/mol. The van der Waals surface area contributed by atoms with Crippen LogP contribution in [0.15, 0.2) is 18.2 Å². The molecule has 19 heavy (non-hydrogen) atoms. The van der Waals surface area contributed by atoms with Crippen LogP contribution in [0.25, 0.3) is 0 Å². The Morgan fingerprint density at radius 2 is 2.05 bits per heavy atom. The van der Waals surface area contributed by atoms with E-state index in [1.165, 1.54) is 18.9 Å². The number of anilines is 1. The van der Waals surface area contributed by atoms with Crippen LogP contribution >= 0.6 is 0 Å². The van der Waals surface area contributed by atoms with Gasteiger partial charge >= 0.3 is 0 Å². The first-order valence-electron chi connectivity index (χ1n) is 7.34. The summed E-state index contributed by atoms with van der Waals surface area (Å²) < 4.78 is 14.1. The number of halogens is 1. The fraction of sp³-hybridized carbons (Fsp3) is 0.625. The normalized spacial score (nSPS) is 18.6. The Kier molecular flexibility index (Phi) is 4.81. The van der Waals surface area contributed by atoms with E-state index in [4.69, 9.17) is 0 Å². The summed E-state index contributed by atoms with van der Waals surface area (Å²) in [5.41, 5.74) is 1.32. The van der Waals surface area contributed by atoms with Crippen LogP contribution in [0.2, 0.25) is 0 Å². The van der Waals surface area contributed by atoms with Crippen molar-refractivity contribution in [3.05, 3.63) is 29.6 Å². The molecule has 0 aromatic heterocycles. The summed E-state index contributed by atoms with van der Waals surface area (Å²) in [5.74, 6) is 0.591. The van der Waals surface area contributed by atoms with Gasteiger partial charge in [0.2, 0.25) is 0 Å². The molecule has 106 valence electrons. The van der Waals surface area contributed by atoms with Crippen LogP contribution in [0, 0.1) is 11.7 Å². The quantitative estimate of drug-likeness (QED) is 0.892. The summed E-state index contributed by atoms with van der Waals surface area (Å²) in [7, 11) is 0. The van der Waals surface area contributed by atoms with Gasteiger partial charge in [0.15, 0.2) is 0 Å². The van der Waals surface area contributed by atoms with E-state index in [1.54, 1.807) is 13.0 Å². The maximum Gasteiger partial charge on any atom is 0.146 e. The minimum atomic E-state index is -0.612. The predicted octanol–water partition coefficient (Wildman–Crippen LogP) is 3.90. The second-order valence-electron chi connectivity index (χ2n) is 5.61. The van der Waals surface area contributed by atoms with Crippen molar-refractivity contribution >= 4 is 5.69 Å². The number of benzene rings is 1. The van der Waals surface area contributed by atoms with Crippen LogP contribution in [-0.2, 0) is 0 Å². The van der Waals surface area contributed by atoms with Crippen molar-refractivity contribution in [2.24, 2.45) is 5.92 Å². The zero-order chi connectivity index (χ0) is 13.8. The fourth-order valence-corrected chi connectivity index (χ4v) is 2.91. The van der Waals surface area contributed by atoms with E-state index in [-0.39, 0.29) is 5.82 Å². The van der Waals surface area contributed by atoms with Crippen LogP contribution in [0.3, 0.4) is 0 Å². The van der Waals surface area contributed by atoms with Gasteiger partial charge in [-0.2, -0.15) is 0 Å². The Bertz CT molecular complexity index is 411. The third-order valence-corrected chi connectivity index (χ3v) is 4.11. The highest BCUT2D eigenvalue weighted by molar-refractivity contribution is 5.49. The lowest BCUT2D eigenvalue weighted by Gasteiger charge is -2.33. The molecule has 0 aliphatic carbocycles.